The van der Waals surface area contributed by atoms with E-state index in [1.54, 1.807) is 26.2 Å². The molecule has 0 radical (unpaired) electrons. The molecule has 2 aromatic carbocycles. The average Bonchev–Trinajstić information content (AvgIpc) is 2.64. The van der Waals surface area contributed by atoms with Gasteiger partial charge in [0.1, 0.15) is 5.75 Å². The fraction of sp³-hybridized carbons (Fsp3) is 0.333. The number of para-hydroxylation sites is 1. The second-order valence-electron chi connectivity index (χ2n) is 6.39. The van der Waals surface area contributed by atoms with Crippen LogP contribution < -0.4 is 10.1 Å². The molecule has 5 nitrogen and oxygen atoms in total. The van der Waals surface area contributed by atoms with Crippen LogP contribution in [0.25, 0.3) is 0 Å². The van der Waals surface area contributed by atoms with Crippen molar-refractivity contribution in [3.8, 4) is 5.75 Å². The predicted molar refractivity (Wildman–Crippen MR) is 102 cm³/mol. The van der Waals surface area contributed by atoms with Crippen molar-refractivity contribution in [3.63, 3.8) is 0 Å². The molecule has 0 spiro atoms. The molecule has 0 aliphatic carbocycles. The zero-order valence-corrected chi connectivity index (χ0v) is 15.6. The summed E-state index contributed by atoms with van der Waals surface area (Å²) < 4.78 is 5.69. The first-order valence-electron chi connectivity index (χ1n) is 8.73. The minimum atomic E-state index is -0.0331. The van der Waals surface area contributed by atoms with E-state index in [2.05, 4.69) is 5.32 Å². The van der Waals surface area contributed by atoms with Crippen molar-refractivity contribution in [3.05, 3.63) is 65.2 Å². The number of nitrogens with zero attached hydrogens (tertiary/aromatic N) is 1. The van der Waals surface area contributed by atoms with Gasteiger partial charge in [0.25, 0.3) is 5.91 Å². The molecule has 2 amide bonds. The normalized spacial score (nSPS) is 10.3. The number of rotatable bonds is 8. The molecule has 0 bridgehead atoms. The van der Waals surface area contributed by atoms with E-state index in [-0.39, 0.29) is 11.8 Å². The van der Waals surface area contributed by atoms with Crippen LogP contribution in [0.2, 0.25) is 0 Å². The number of ether oxygens (including phenoxy) is 1. The van der Waals surface area contributed by atoms with Crippen molar-refractivity contribution in [2.75, 3.05) is 20.7 Å². The molecule has 26 heavy (non-hydrogen) atoms. The van der Waals surface area contributed by atoms with Gasteiger partial charge in [0.15, 0.2) is 0 Å². The Hall–Kier alpha value is -2.82. The molecule has 0 saturated carbocycles. The highest BCUT2D eigenvalue weighted by Crippen LogP contribution is 2.16. The van der Waals surface area contributed by atoms with Crippen LogP contribution in [0.3, 0.4) is 0 Å². The standard InChI is InChI=1S/C21H26N2O3/c1-16-7-4-5-8-19(16)26-14-6-9-20(24)22-15-17-10-12-18(13-11-17)21(25)23(2)3/h4-5,7-8,10-13H,6,9,14-15H2,1-3H3,(H,22,24). The minimum absolute atomic E-state index is 0.00757. The van der Waals surface area contributed by atoms with Gasteiger partial charge in [-0.15, -0.1) is 0 Å². The molecule has 0 aromatic heterocycles. The van der Waals surface area contributed by atoms with E-state index < -0.39 is 0 Å². The van der Waals surface area contributed by atoms with Gasteiger partial charge in [-0.1, -0.05) is 30.3 Å². The molecule has 2 aromatic rings. The first kappa shape index (κ1) is 19.5. The van der Waals surface area contributed by atoms with E-state index in [0.717, 1.165) is 16.9 Å². The van der Waals surface area contributed by atoms with Gasteiger partial charge in [-0.05, 0) is 42.7 Å². The van der Waals surface area contributed by atoms with E-state index in [4.69, 9.17) is 4.74 Å². The van der Waals surface area contributed by atoms with Crippen LogP contribution in [-0.4, -0.2) is 37.4 Å². The monoisotopic (exact) mass is 354 g/mol. The number of amides is 2. The number of hydrogen-bond donors (Lipinski definition) is 1. The summed E-state index contributed by atoms with van der Waals surface area (Å²) in [5, 5.41) is 2.89. The molecule has 0 saturated heterocycles. The van der Waals surface area contributed by atoms with Crippen LogP contribution in [-0.2, 0) is 11.3 Å². The van der Waals surface area contributed by atoms with Gasteiger partial charge in [0.05, 0.1) is 6.61 Å². The smallest absolute Gasteiger partial charge is 0.253 e. The Labute approximate surface area is 155 Å². The summed E-state index contributed by atoms with van der Waals surface area (Å²) in [5.41, 5.74) is 2.69. The zero-order valence-electron chi connectivity index (χ0n) is 15.6. The second-order valence-corrected chi connectivity index (χ2v) is 6.39. The van der Waals surface area contributed by atoms with Gasteiger partial charge >= 0.3 is 0 Å². The quantitative estimate of drug-likeness (QED) is 0.741. The van der Waals surface area contributed by atoms with Gasteiger partial charge in [-0.2, -0.15) is 0 Å². The maximum atomic E-state index is 11.9. The van der Waals surface area contributed by atoms with Crippen LogP contribution in [0.4, 0.5) is 0 Å². The third-order valence-corrected chi connectivity index (χ3v) is 4.00. The van der Waals surface area contributed by atoms with Crippen molar-refractivity contribution in [1.29, 1.82) is 0 Å². The first-order valence-corrected chi connectivity index (χ1v) is 8.73. The van der Waals surface area contributed by atoms with Gasteiger partial charge < -0.3 is 15.0 Å². The van der Waals surface area contributed by atoms with E-state index in [1.807, 2.05) is 43.3 Å². The third kappa shape index (κ3) is 5.92. The number of carbonyl (C=O) groups excluding carboxylic acids is 2. The molecular formula is C21H26N2O3. The largest absolute Gasteiger partial charge is 0.493 e. The van der Waals surface area contributed by atoms with Gasteiger partial charge in [0, 0.05) is 32.6 Å². The lowest BCUT2D eigenvalue weighted by molar-refractivity contribution is -0.121. The zero-order chi connectivity index (χ0) is 18.9. The molecule has 1 N–H and O–H groups in total. The molecular weight excluding hydrogens is 328 g/mol. The van der Waals surface area contributed by atoms with Gasteiger partial charge in [-0.25, -0.2) is 0 Å². The van der Waals surface area contributed by atoms with E-state index in [9.17, 15) is 9.59 Å². The Morgan fingerprint density at radius 2 is 1.73 bits per heavy atom. The molecule has 138 valence electrons. The fourth-order valence-electron chi connectivity index (χ4n) is 2.45. The fourth-order valence-corrected chi connectivity index (χ4v) is 2.45. The molecule has 0 aliphatic heterocycles. The van der Waals surface area contributed by atoms with Crippen LogP contribution in [0, 0.1) is 6.92 Å². The number of benzene rings is 2. The van der Waals surface area contributed by atoms with Crippen molar-refractivity contribution in [1.82, 2.24) is 10.2 Å². The van der Waals surface area contributed by atoms with Crippen LogP contribution >= 0.6 is 0 Å². The van der Waals surface area contributed by atoms with E-state index >= 15 is 0 Å². The topological polar surface area (TPSA) is 58.6 Å². The molecule has 0 fully saturated rings. The Morgan fingerprint density at radius 3 is 2.38 bits per heavy atom. The lowest BCUT2D eigenvalue weighted by Gasteiger charge is -2.11. The highest BCUT2D eigenvalue weighted by molar-refractivity contribution is 5.93. The first-order chi connectivity index (χ1) is 12.5. The maximum absolute atomic E-state index is 11.9. The average molecular weight is 354 g/mol. The predicted octanol–water partition coefficient (Wildman–Crippen LogP) is 3.17. The van der Waals surface area contributed by atoms with E-state index in [0.29, 0.717) is 31.6 Å². The second kappa shape index (κ2) is 9.61. The molecule has 0 heterocycles. The highest BCUT2D eigenvalue weighted by Gasteiger charge is 2.08. The molecule has 5 heteroatoms. The molecule has 0 aliphatic rings. The summed E-state index contributed by atoms with van der Waals surface area (Å²) in [6, 6.07) is 15.1. The van der Waals surface area contributed by atoms with Crippen molar-refractivity contribution in [2.24, 2.45) is 0 Å². The summed E-state index contributed by atoms with van der Waals surface area (Å²) >= 11 is 0. The Kier molecular flexibility index (Phi) is 7.21. The Balaban J connectivity index is 1.68. The van der Waals surface area contributed by atoms with Crippen molar-refractivity contribution >= 4 is 11.8 Å². The number of carbonyl (C=O) groups is 2. The lowest BCUT2D eigenvalue weighted by atomic mass is 10.1. The van der Waals surface area contributed by atoms with Crippen molar-refractivity contribution in [2.45, 2.75) is 26.3 Å². The Bertz CT molecular complexity index is 739. The summed E-state index contributed by atoms with van der Waals surface area (Å²) in [7, 11) is 3.44. The summed E-state index contributed by atoms with van der Waals surface area (Å²) in [6.07, 6.45) is 1.08. The summed E-state index contributed by atoms with van der Waals surface area (Å²) in [6.45, 7) is 2.97. The van der Waals surface area contributed by atoms with Crippen LogP contribution in [0.1, 0.15) is 34.3 Å². The van der Waals surface area contributed by atoms with Gasteiger partial charge in [-0.3, -0.25) is 9.59 Å². The number of aryl methyl sites for hydroxylation is 1. The Morgan fingerprint density at radius 1 is 1.04 bits per heavy atom. The minimum Gasteiger partial charge on any atom is -0.493 e. The third-order valence-electron chi connectivity index (χ3n) is 4.00. The summed E-state index contributed by atoms with van der Waals surface area (Å²) in [5.74, 6) is 0.821. The van der Waals surface area contributed by atoms with Crippen LogP contribution in [0.15, 0.2) is 48.5 Å². The summed E-state index contributed by atoms with van der Waals surface area (Å²) in [4.78, 5) is 25.3. The maximum Gasteiger partial charge on any atom is 0.253 e. The highest BCUT2D eigenvalue weighted by atomic mass is 16.5. The molecule has 0 atom stereocenters. The SMILES string of the molecule is Cc1ccccc1OCCCC(=O)NCc1ccc(C(=O)N(C)C)cc1. The van der Waals surface area contributed by atoms with E-state index in [1.165, 1.54) is 4.90 Å². The lowest BCUT2D eigenvalue weighted by Crippen LogP contribution is -2.23. The van der Waals surface area contributed by atoms with Gasteiger partial charge in [0.2, 0.25) is 5.91 Å². The molecule has 0 unspecified atom stereocenters. The number of nitrogens with one attached hydrogen (secondary N) is 1. The van der Waals surface area contributed by atoms with Crippen LogP contribution in [0.5, 0.6) is 5.75 Å². The number of hydrogen-bond acceptors (Lipinski definition) is 3. The molecule has 2 rings (SSSR count). The van der Waals surface area contributed by atoms with Crippen molar-refractivity contribution < 1.29 is 14.3 Å².